The molecule has 1 aromatic heterocycles. The van der Waals surface area contributed by atoms with E-state index >= 15 is 0 Å². The van der Waals surface area contributed by atoms with Gasteiger partial charge in [0.05, 0.1) is 16.4 Å². The summed E-state index contributed by atoms with van der Waals surface area (Å²) in [5.74, 6) is 0. The number of nitrogens with zero attached hydrogens (tertiary/aromatic N) is 2. The molecule has 0 aliphatic carbocycles. The Balaban J connectivity index is 2.36. The van der Waals surface area contributed by atoms with Gasteiger partial charge < -0.3 is 5.73 Å². The van der Waals surface area contributed by atoms with E-state index in [1.54, 1.807) is 6.20 Å². The summed E-state index contributed by atoms with van der Waals surface area (Å²) >= 11 is 6.92. The molecule has 16 heavy (non-hydrogen) atoms. The molecule has 3 nitrogen and oxygen atoms in total. The van der Waals surface area contributed by atoms with E-state index in [0.717, 1.165) is 21.1 Å². The van der Waals surface area contributed by atoms with Crippen LogP contribution in [0.2, 0.25) is 0 Å². The van der Waals surface area contributed by atoms with Crippen LogP contribution < -0.4 is 5.73 Å². The fourth-order valence-corrected chi connectivity index (χ4v) is 2.38. The highest BCUT2D eigenvalue weighted by atomic mass is 79.9. The molecule has 0 aliphatic rings. The van der Waals surface area contributed by atoms with E-state index in [9.17, 15) is 0 Å². The number of hydrogen-bond donors (Lipinski definition) is 1. The number of rotatable bonds is 3. The molecule has 0 aliphatic heterocycles. The predicted molar refractivity (Wildman–Crippen MR) is 71.7 cm³/mol. The second kappa shape index (κ2) is 5.12. The molecule has 0 radical (unpaired) electrons. The molecule has 0 spiro atoms. The van der Waals surface area contributed by atoms with Gasteiger partial charge >= 0.3 is 0 Å². The largest absolute Gasteiger partial charge is 0.330 e. The van der Waals surface area contributed by atoms with E-state index < -0.39 is 0 Å². The second-order valence-corrected chi connectivity index (χ2v) is 5.20. The van der Waals surface area contributed by atoms with Crippen LogP contribution in [0.25, 0.3) is 5.69 Å². The standard InChI is InChI=1S/C11H11Br2N3/c12-9-6-15-16(7-9)11-2-1-8(3-4-14)5-10(11)13/h1-2,5-7H,3-4,14H2. The van der Waals surface area contributed by atoms with Crippen molar-refractivity contribution in [3.63, 3.8) is 0 Å². The van der Waals surface area contributed by atoms with E-state index in [2.05, 4.69) is 49.1 Å². The first kappa shape index (κ1) is 11.8. The Hall–Kier alpha value is -0.650. The lowest BCUT2D eigenvalue weighted by Gasteiger charge is -2.06. The van der Waals surface area contributed by atoms with Gasteiger partial charge in [-0.2, -0.15) is 5.10 Å². The summed E-state index contributed by atoms with van der Waals surface area (Å²) in [6.07, 6.45) is 4.57. The molecule has 0 atom stereocenters. The van der Waals surface area contributed by atoms with Crippen LogP contribution >= 0.6 is 31.9 Å². The molecule has 0 fully saturated rings. The monoisotopic (exact) mass is 343 g/mol. The zero-order chi connectivity index (χ0) is 11.5. The summed E-state index contributed by atoms with van der Waals surface area (Å²) < 4.78 is 3.81. The summed E-state index contributed by atoms with van der Waals surface area (Å²) in [6.45, 7) is 0.666. The van der Waals surface area contributed by atoms with Crippen molar-refractivity contribution in [2.75, 3.05) is 6.54 Å². The first-order valence-electron chi connectivity index (χ1n) is 4.90. The summed E-state index contributed by atoms with van der Waals surface area (Å²) in [5, 5.41) is 4.24. The van der Waals surface area contributed by atoms with Crippen molar-refractivity contribution in [2.24, 2.45) is 5.73 Å². The Morgan fingerprint density at radius 3 is 2.69 bits per heavy atom. The van der Waals surface area contributed by atoms with Gasteiger partial charge in [-0.1, -0.05) is 6.07 Å². The maximum atomic E-state index is 5.52. The van der Waals surface area contributed by atoms with Crippen LogP contribution in [0.3, 0.4) is 0 Å². The normalized spacial score (nSPS) is 10.7. The second-order valence-electron chi connectivity index (χ2n) is 3.43. The Labute approximate surface area is 111 Å². The molecule has 2 N–H and O–H groups in total. The minimum atomic E-state index is 0.666. The third-order valence-corrected chi connectivity index (χ3v) is 3.29. The van der Waals surface area contributed by atoms with Gasteiger partial charge in [0.15, 0.2) is 0 Å². The predicted octanol–water partition coefficient (Wildman–Crippen LogP) is 2.90. The molecule has 2 aromatic rings. The summed E-state index contributed by atoms with van der Waals surface area (Å²) in [5.41, 5.74) is 7.77. The molecular formula is C11H11Br2N3. The van der Waals surface area contributed by atoms with E-state index in [4.69, 9.17) is 5.73 Å². The van der Waals surface area contributed by atoms with Gasteiger partial charge in [-0.15, -0.1) is 0 Å². The Morgan fingerprint density at radius 1 is 1.31 bits per heavy atom. The van der Waals surface area contributed by atoms with Gasteiger partial charge in [-0.25, -0.2) is 4.68 Å². The maximum Gasteiger partial charge on any atom is 0.0788 e. The molecule has 0 bridgehead atoms. The molecule has 1 aromatic carbocycles. The minimum absolute atomic E-state index is 0.666. The molecule has 1 heterocycles. The van der Waals surface area contributed by atoms with Crippen molar-refractivity contribution in [3.05, 3.63) is 45.1 Å². The maximum absolute atomic E-state index is 5.52. The van der Waals surface area contributed by atoms with Crippen molar-refractivity contribution in [2.45, 2.75) is 6.42 Å². The lowest BCUT2D eigenvalue weighted by atomic mass is 10.1. The number of benzene rings is 1. The average molecular weight is 345 g/mol. The number of aromatic nitrogens is 2. The van der Waals surface area contributed by atoms with Crippen LogP contribution in [0.1, 0.15) is 5.56 Å². The van der Waals surface area contributed by atoms with Gasteiger partial charge in [0.1, 0.15) is 0 Å². The summed E-state index contributed by atoms with van der Waals surface area (Å²) in [6, 6.07) is 6.19. The van der Waals surface area contributed by atoms with Gasteiger partial charge in [-0.3, -0.25) is 0 Å². The molecule has 84 valence electrons. The molecule has 0 saturated heterocycles. The van der Waals surface area contributed by atoms with Crippen LogP contribution in [0.15, 0.2) is 39.5 Å². The van der Waals surface area contributed by atoms with Gasteiger partial charge in [0.2, 0.25) is 0 Å². The summed E-state index contributed by atoms with van der Waals surface area (Å²) in [7, 11) is 0. The number of nitrogens with two attached hydrogens (primary N) is 1. The fourth-order valence-electron chi connectivity index (χ4n) is 1.49. The molecule has 5 heteroatoms. The van der Waals surface area contributed by atoms with E-state index in [1.165, 1.54) is 5.56 Å². The summed E-state index contributed by atoms with van der Waals surface area (Å²) in [4.78, 5) is 0. The Bertz CT molecular complexity index is 494. The highest BCUT2D eigenvalue weighted by Gasteiger charge is 2.04. The third-order valence-electron chi connectivity index (χ3n) is 2.24. The Kier molecular flexibility index (Phi) is 3.78. The lowest BCUT2D eigenvalue weighted by Crippen LogP contribution is -2.03. The molecule has 0 amide bonds. The van der Waals surface area contributed by atoms with Crippen molar-refractivity contribution >= 4 is 31.9 Å². The third kappa shape index (κ3) is 2.53. The van der Waals surface area contributed by atoms with E-state index in [0.29, 0.717) is 6.54 Å². The average Bonchev–Trinajstić information content (AvgIpc) is 2.65. The molecule has 0 saturated carbocycles. The van der Waals surface area contributed by atoms with E-state index in [1.807, 2.05) is 16.9 Å². The first-order valence-corrected chi connectivity index (χ1v) is 6.48. The van der Waals surface area contributed by atoms with Crippen molar-refractivity contribution in [1.29, 1.82) is 0 Å². The van der Waals surface area contributed by atoms with Crippen LogP contribution in [-0.2, 0) is 6.42 Å². The highest BCUT2D eigenvalue weighted by Crippen LogP contribution is 2.23. The van der Waals surface area contributed by atoms with Crippen molar-refractivity contribution in [1.82, 2.24) is 9.78 Å². The van der Waals surface area contributed by atoms with Crippen molar-refractivity contribution < 1.29 is 0 Å². The Morgan fingerprint density at radius 2 is 2.12 bits per heavy atom. The zero-order valence-electron chi connectivity index (χ0n) is 8.53. The molecular weight excluding hydrogens is 334 g/mol. The van der Waals surface area contributed by atoms with E-state index in [-0.39, 0.29) is 0 Å². The zero-order valence-corrected chi connectivity index (χ0v) is 11.7. The van der Waals surface area contributed by atoms with Gasteiger partial charge in [0.25, 0.3) is 0 Å². The molecule has 0 unspecified atom stereocenters. The lowest BCUT2D eigenvalue weighted by molar-refractivity contribution is 0.872. The van der Waals surface area contributed by atoms with Gasteiger partial charge in [-0.05, 0) is 62.5 Å². The molecule has 2 rings (SSSR count). The van der Waals surface area contributed by atoms with Crippen molar-refractivity contribution in [3.8, 4) is 5.69 Å². The van der Waals surface area contributed by atoms with Crippen LogP contribution in [0, 0.1) is 0 Å². The number of halogens is 2. The van der Waals surface area contributed by atoms with Crippen LogP contribution in [0.5, 0.6) is 0 Å². The SMILES string of the molecule is NCCc1ccc(-n2cc(Br)cn2)c(Br)c1. The van der Waals surface area contributed by atoms with Crippen LogP contribution in [-0.4, -0.2) is 16.3 Å². The number of hydrogen-bond acceptors (Lipinski definition) is 2. The van der Waals surface area contributed by atoms with Crippen LogP contribution in [0.4, 0.5) is 0 Å². The minimum Gasteiger partial charge on any atom is -0.330 e. The van der Waals surface area contributed by atoms with Gasteiger partial charge in [0, 0.05) is 10.7 Å². The highest BCUT2D eigenvalue weighted by molar-refractivity contribution is 9.10. The topological polar surface area (TPSA) is 43.8 Å². The smallest absolute Gasteiger partial charge is 0.0788 e. The fraction of sp³-hybridized carbons (Fsp3) is 0.182. The first-order chi connectivity index (χ1) is 7.70. The quantitative estimate of drug-likeness (QED) is 0.930.